The molecular formula is C14H10CoKN2O8+. The van der Waals surface area contributed by atoms with Crippen LogP contribution in [0.15, 0.2) is 36.4 Å². The Bertz CT molecular complexity index is 689. The predicted molar refractivity (Wildman–Crippen MR) is 76.3 cm³/mol. The molecule has 26 heavy (non-hydrogen) atoms. The van der Waals surface area contributed by atoms with Gasteiger partial charge in [0.1, 0.15) is 22.8 Å². The minimum Gasteiger partial charge on any atom is -0.477 e. The number of pyridine rings is 2. The van der Waals surface area contributed by atoms with Gasteiger partial charge >= 0.3 is 75.3 Å². The number of rotatable bonds is 4. The number of aromatic nitrogens is 2. The van der Waals surface area contributed by atoms with E-state index in [0.717, 1.165) is 0 Å². The van der Waals surface area contributed by atoms with E-state index >= 15 is 0 Å². The minimum absolute atomic E-state index is 0. The summed E-state index contributed by atoms with van der Waals surface area (Å²) in [6.07, 6.45) is 0. The molecule has 0 aliphatic heterocycles. The van der Waals surface area contributed by atoms with Crippen LogP contribution in [0.1, 0.15) is 42.0 Å². The van der Waals surface area contributed by atoms with Crippen molar-refractivity contribution in [1.29, 1.82) is 0 Å². The van der Waals surface area contributed by atoms with E-state index in [9.17, 15) is 19.2 Å². The minimum atomic E-state index is -1.24. The zero-order chi connectivity index (χ0) is 18.3. The largest absolute Gasteiger partial charge is 1.00 e. The Kier molecular flexibility index (Phi) is 12.9. The van der Waals surface area contributed by atoms with E-state index in [1.54, 1.807) is 0 Å². The molecule has 12 heteroatoms. The summed E-state index contributed by atoms with van der Waals surface area (Å²) in [7, 11) is 0. The van der Waals surface area contributed by atoms with Crippen LogP contribution in [0.2, 0.25) is 0 Å². The molecule has 0 atom stereocenters. The first-order chi connectivity index (χ1) is 11.2. The normalized spacial score (nSPS) is 8.62. The van der Waals surface area contributed by atoms with Crippen LogP contribution >= 0.6 is 0 Å². The summed E-state index contributed by atoms with van der Waals surface area (Å²) in [4.78, 5) is 48.0. The third kappa shape index (κ3) is 8.62. The molecule has 2 aromatic rings. The van der Waals surface area contributed by atoms with E-state index in [0.29, 0.717) is 0 Å². The number of carboxylic acid groups (broad SMARTS) is 4. The molecule has 0 unspecified atom stereocenters. The predicted octanol–water partition coefficient (Wildman–Crippen LogP) is -2.04. The van der Waals surface area contributed by atoms with Crippen LogP contribution in [0.3, 0.4) is 0 Å². The summed E-state index contributed by atoms with van der Waals surface area (Å²) >= 11 is 0. The van der Waals surface area contributed by atoms with Gasteiger partial charge in [0, 0.05) is 16.8 Å². The zero-order valence-electron chi connectivity index (χ0n) is 13.1. The van der Waals surface area contributed by atoms with E-state index in [4.69, 9.17) is 20.4 Å². The molecule has 0 aliphatic rings. The van der Waals surface area contributed by atoms with E-state index in [-0.39, 0.29) is 90.9 Å². The van der Waals surface area contributed by atoms with Gasteiger partial charge in [0.15, 0.2) is 0 Å². The topological polar surface area (TPSA) is 175 Å². The van der Waals surface area contributed by atoms with Gasteiger partial charge in [-0.1, -0.05) is 12.1 Å². The molecule has 10 nitrogen and oxygen atoms in total. The molecule has 0 aromatic carbocycles. The van der Waals surface area contributed by atoms with Crippen molar-refractivity contribution in [3.05, 3.63) is 59.2 Å². The van der Waals surface area contributed by atoms with Gasteiger partial charge in [0.25, 0.3) is 0 Å². The fourth-order valence-corrected chi connectivity index (χ4v) is 1.35. The quantitative estimate of drug-likeness (QED) is 0.394. The van der Waals surface area contributed by atoms with Crippen LogP contribution in [-0.4, -0.2) is 54.3 Å². The molecule has 4 N–H and O–H groups in total. The summed E-state index contributed by atoms with van der Waals surface area (Å²) in [5, 5.41) is 33.7. The van der Waals surface area contributed by atoms with Gasteiger partial charge in [0.2, 0.25) is 0 Å². The summed E-state index contributed by atoms with van der Waals surface area (Å²) in [6.45, 7) is 0. The second kappa shape index (κ2) is 12.6. The van der Waals surface area contributed by atoms with Crippen molar-refractivity contribution >= 4 is 23.9 Å². The van der Waals surface area contributed by atoms with Crippen molar-refractivity contribution in [2.75, 3.05) is 0 Å². The summed E-state index contributed by atoms with van der Waals surface area (Å²) < 4.78 is 0. The Morgan fingerprint density at radius 3 is 0.923 bits per heavy atom. The Hall–Kier alpha value is -1.68. The number of hydrogen-bond donors (Lipinski definition) is 4. The third-order valence-electron chi connectivity index (χ3n) is 2.37. The van der Waals surface area contributed by atoms with Gasteiger partial charge < -0.3 is 20.4 Å². The SMILES string of the molecule is O=C(O)c1cccc(C(=O)O)n1.O=C(O)c1cccc(C(=O)O)n1.[Co].[K+]. The second-order valence-electron chi connectivity index (χ2n) is 4.04. The smallest absolute Gasteiger partial charge is 0.477 e. The van der Waals surface area contributed by atoms with Crippen molar-refractivity contribution in [2.45, 2.75) is 0 Å². The average Bonchev–Trinajstić information content (AvgIpc) is 2.55. The van der Waals surface area contributed by atoms with Crippen LogP contribution in [0, 0.1) is 0 Å². The maximum Gasteiger partial charge on any atom is 1.00 e. The van der Waals surface area contributed by atoms with Crippen molar-refractivity contribution in [1.82, 2.24) is 9.97 Å². The molecule has 2 aromatic heterocycles. The number of aromatic carboxylic acids is 4. The number of carbonyl (C=O) groups is 4. The molecule has 0 fully saturated rings. The average molecular weight is 432 g/mol. The van der Waals surface area contributed by atoms with Crippen LogP contribution < -0.4 is 51.4 Å². The summed E-state index contributed by atoms with van der Waals surface area (Å²) in [5.74, 6) is -4.95. The van der Waals surface area contributed by atoms with E-state index in [1.807, 2.05) is 0 Å². The van der Waals surface area contributed by atoms with Gasteiger partial charge in [0.05, 0.1) is 0 Å². The summed E-state index contributed by atoms with van der Waals surface area (Å²) in [6, 6.07) is 7.59. The second-order valence-corrected chi connectivity index (χ2v) is 4.04. The van der Waals surface area contributed by atoms with Crippen LogP contribution in [-0.2, 0) is 16.8 Å². The first-order valence-corrected chi connectivity index (χ1v) is 6.09. The monoisotopic (exact) mass is 432 g/mol. The molecule has 0 amide bonds. The van der Waals surface area contributed by atoms with Crippen LogP contribution in [0.4, 0.5) is 0 Å². The molecule has 0 spiro atoms. The maximum atomic E-state index is 10.3. The molecular weight excluding hydrogens is 422 g/mol. The molecule has 2 heterocycles. The fraction of sp³-hybridized carbons (Fsp3) is 0. The Labute approximate surface area is 198 Å². The molecule has 0 aliphatic carbocycles. The Morgan fingerprint density at radius 2 is 0.769 bits per heavy atom. The van der Waals surface area contributed by atoms with Crippen LogP contribution in [0.5, 0.6) is 0 Å². The first-order valence-electron chi connectivity index (χ1n) is 6.09. The van der Waals surface area contributed by atoms with Crippen molar-refractivity contribution in [3.63, 3.8) is 0 Å². The Morgan fingerprint density at radius 1 is 0.577 bits per heavy atom. The van der Waals surface area contributed by atoms with E-state index in [1.165, 1.54) is 36.4 Å². The van der Waals surface area contributed by atoms with Crippen LogP contribution in [0.25, 0.3) is 0 Å². The molecule has 0 saturated carbocycles. The van der Waals surface area contributed by atoms with E-state index < -0.39 is 23.9 Å². The molecule has 0 bridgehead atoms. The molecule has 1 radical (unpaired) electrons. The van der Waals surface area contributed by atoms with Gasteiger partial charge in [-0.05, 0) is 24.3 Å². The molecule has 2 rings (SSSR count). The third-order valence-corrected chi connectivity index (χ3v) is 2.37. The molecule has 133 valence electrons. The van der Waals surface area contributed by atoms with Crippen molar-refractivity contribution in [2.24, 2.45) is 0 Å². The van der Waals surface area contributed by atoms with E-state index in [2.05, 4.69) is 9.97 Å². The van der Waals surface area contributed by atoms with Gasteiger partial charge in [-0.2, -0.15) is 0 Å². The van der Waals surface area contributed by atoms with Crippen molar-refractivity contribution < 1.29 is 108 Å². The Balaban J connectivity index is 0. The number of nitrogens with zero attached hydrogens (tertiary/aromatic N) is 2. The number of carboxylic acids is 4. The zero-order valence-corrected chi connectivity index (χ0v) is 17.3. The van der Waals surface area contributed by atoms with Gasteiger partial charge in [-0.25, -0.2) is 29.1 Å². The fourth-order valence-electron chi connectivity index (χ4n) is 1.35. The van der Waals surface area contributed by atoms with Gasteiger partial charge in [-0.15, -0.1) is 0 Å². The standard InChI is InChI=1S/2C7H5NO4.Co.K/c2*9-6(10)4-2-1-3-5(8-4)7(11)12;;/h2*1-3H,(H,9,10)(H,11,12);;/q;;;+1. The van der Waals surface area contributed by atoms with Gasteiger partial charge in [-0.3, -0.25) is 0 Å². The first kappa shape index (κ1) is 26.6. The van der Waals surface area contributed by atoms with Crippen molar-refractivity contribution in [3.8, 4) is 0 Å². The maximum absolute atomic E-state index is 10.3. The number of hydrogen-bond acceptors (Lipinski definition) is 6. The summed E-state index contributed by atoms with van der Waals surface area (Å²) in [5.41, 5.74) is -1.07. The molecule has 0 saturated heterocycles.